The molecule has 0 amide bonds. The highest BCUT2D eigenvalue weighted by Gasteiger charge is 2.30. The predicted molar refractivity (Wildman–Crippen MR) is 95.0 cm³/mol. The van der Waals surface area contributed by atoms with Gasteiger partial charge in [-0.3, -0.25) is 4.79 Å². The summed E-state index contributed by atoms with van der Waals surface area (Å²) in [6, 6.07) is 28.9. The van der Waals surface area contributed by atoms with Crippen LogP contribution in [0.25, 0.3) is 0 Å². The molecule has 0 fully saturated rings. The average molecular weight is 321 g/mol. The van der Waals surface area contributed by atoms with Crippen molar-refractivity contribution in [1.29, 1.82) is 0 Å². The lowest BCUT2D eigenvalue weighted by atomic mass is 9.85. The zero-order chi connectivity index (χ0) is 16.1. The maximum absolute atomic E-state index is 13.1. The van der Waals surface area contributed by atoms with Gasteiger partial charge in [0.1, 0.15) is 0 Å². The van der Waals surface area contributed by atoms with Crippen LogP contribution in [-0.2, 0) is 0 Å². The van der Waals surface area contributed by atoms with Crippen LogP contribution in [0.15, 0.2) is 91.0 Å². The van der Waals surface area contributed by atoms with E-state index in [4.69, 9.17) is 11.6 Å². The molecule has 0 spiro atoms. The van der Waals surface area contributed by atoms with Gasteiger partial charge in [-0.25, -0.2) is 0 Å². The Morgan fingerprint density at radius 1 is 0.652 bits per heavy atom. The maximum Gasteiger partial charge on any atom is 0.172 e. The molecule has 0 radical (unpaired) electrons. The Morgan fingerprint density at radius 2 is 1.09 bits per heavy atom. The number of hydrogen-bond donors (Lipinski definition) is 0. The second-order valence-electron chi connectivity index (χ2n) is 5.43. The van der Waals surface area contributed by atoms with Crippen LogP contribution < -0.4 is 0 Å². The van der Waals surface area contributed by atoms with Gasteiger partial charge in [-0.2, -0.15) is 0 Å². The molecule has 0 heterocycles. The topological polar surface area (TPSA) is 17.1 Å². The molecule has 2 heteroatoms. The minimum Gasteiger partial charge on any atom is -0.293 e. The van der Waals surface area contributed by atoms with Crippen LogP contribution >= 0.6 is 11.6 Å². The Morgan fingerprint density at radius 3 is 1.61 bits per heavy atom. The zero-order valence-corrected chi connectivity index (χ0v) is 13.4. The molecule has 0 aliphatic carbocycles. The van der Waals surface area contributed by atoms with Crippen molar-refractivity contribution in [3.8, 4) is 0 Å². The maximum atomic E-state index is 13.1. The standard InChI is InChI=1S/C21H17ClO/c22-20(17-12-6-2-7-13-17)19(16-10-4-1-5-11-16)21(23)18-14-8-3-9-15-18/h1-15,19-20H/t19-,20-/m1/s1. The van der Waals surface area contributed by atoms with Crippen LogP contribution in [-0.4, -0.2) is 5.78 Å². The highest BCUT2D eigenvalue weighted by Crippen LogP contribution is 2.38. The van der Waals surface area contributed by atoms with Crippen molar-refractivity contribution in [3.05, 3.63) is 108 Å². The Labute approximate surface area is 141 Å². The third kappa shape index (κ3) is 3.52. The van der Waals surface area contributed by atoms with E-state index < -0.39 is 11.3 Å². The van der Waals surface area contributed by atoms with Gasteiger partial charge in [0.2, 0.25) is 0 Å². The van der Waals surface area contributed by atoms with E-state index in [1.807, 2.05) is 91.0 Å². The summed E-state index contributed by atoms with van der Waals surface area (Å²) in [5.41, 5.74) is 2.57. The Kier molecular flexibility index (Phi) is 4.89. The Bertz CT molecular complexity index is 754. The Balaban J connectivity index is 2.03. The molecule has 1 nitrogen and oxygen atoms in total. The SMILES string of the molecule is O=C(c1ccccc1)[C@H](c1ccccc1)[C@H](Cl)c1ccccc1. The van der Waals surface area contributed by atoms with E-state index in [0.717, 1.165) is 11.1 Å². The van der Waals surface area contributed by atoms with Gasteiger partial charge in [0.25, 0.3) is 0 Å². The molecule has 0 saturated heterocycles. The fraction of sp³-hybridized carbons (Fsp3) is 0.0952. The molecule has 2 atom stereocenters. The molecule has 0 unspecified atom stereocenters. The number of alkyl halides is 1. The van der Waals surface area contributed by atoms with E-state index in [-0.39, 0.29) is 5.78 Å². The first-order valence-electron chi connectivity index (χ1n) is 7.60. The minimum atomic E-state index is -0.414. The van der Waals surface area contributed by atoms with Crippen molar-refractivity contribution in [2.75, 3.05) is 0 Å². The summed E-state index contributed by atoms with van der Waals surface area (Å²) in [4.78, 5) is 13.1. The summed E-state index contributed by atoms with van der Waals surface area (Å²) in [7, 11) is 0. The van der Waals surface area contributed by atoms with Crippen LogP contribution in [0.5, 0.6) is 0 Å². The fourth-order valence-electron chi connectivity index (χ4n) is 2.72. The molecule has 0 saturated carbocycles. The highest BCUT2D eigenvalue weighted by atomic mass is 35.5. The minimum absolute atomic E-state index is 0.0423. The van der Waals surface area contributed by atoms with Gasteiger partial charge >= 0.3 is 0 Å². The van der Waals surface area contributed by atoms with Gasteiger partial charge in [0.05, 0.1) is 11.3 Å². The number of ketones is 1. The lowest BCUT2D eigenvalue weighted by Crippen LogP contribution is -2.18. The summed E-state index contributed by atoms with van der Waals surface area (Å²) in [5.74, 6) is -0.372. The van der Waals surface area contributed by atoms with Gasteiger partial charge in [-0.15, -0.1) is 11.6 Å². The molecule has 3 aromatic carbocycles. The Hall–Kier alpha value is -2.38. The zero-order valence-electron chi connectivity index (χ0n) is 12.6. The van der Waals surface area contributed by atoms with E-state index in [2.05, 4.69) is 0 Å². The second kappa shape index (κ2) is 7.26. The summed E-state index contributed by atoms with van der Waals surface area (Å²) in [5, 5.41) is -0.411. The quantitative estimate of drug-likeness (QED) is 0.439. The molecule has 3 aromatic rings. The first-order chi connectivity index (χ1) is 11.3. The van der Waals surface area contributed by atoms with Crippen LogP contribution in [0, 0.1) is 0 Å². The average Bonchev–Trinajstić information content (AvgIpc) is 2.64. The molecular formula is C21H17ClO. The number of halogens is 1. The molecule has 0 aliphatic heterocycles. The van der Waals surface area contributed by atoms with E-state index in [0.29, 0.717) is 5.56 Å². The number of benzene rings is 3. The molecule has 114 valence electrons. The summed E-state index contributed by atoms with van der Waals surface area (Å²) in [6.45, 7) is 0. The normalized spacial score (nSPS) is 13.3. The summed E-state index contributed by atoms with van der Waals surface area (Å²) < 4.78 is 0. The van der Waals surface area contributed by atoms with E-state index in [9.17, 15) is 4.79 Å². The highest BCUT2D eigenvalue weighted by molar-refractivity contribution is 6.24. The van der Waals surface area contributed by atoms with Crippen molar-refractivity contribution in [1.82, 2.24) is 0 Å². The number of rotatable bonds is 5. The van der Waals surface area contributed by atoms with Crippen molar-refractivity contribution >= 4 is 17.4 Å². The molecular weight excluding hydrogens is 304 g/mol. The molecule has 0 N–H and O–H groups in total. The lowest BCUT2D eigenvalue weighted by molar-refractivity contribution is 0.0957. The van der Waals surface area contributed by atoms with Crippen molar-refractivity contribution in [2.24, 2.45) is 0 Å². The second-order valence-corrected chi connectivity index (χ2v) is 5.90. The molecule has 0 bridgehead atoms. The summed E-state index contributed by atoms with van der Waals surface area (Å²) in [6.07, 6.45) is 0. The molecule has 0 aliphatic rings. The smallest absolute Gasteiger partial charge is 0.172 e. The fourth-order valence-corrected chi connectivity index (χ4v) is 3.13. The van der Waals surface area contributed by atoms with E-state index in [1.165, 1.54) is 0 Å². The van der Waals surface area contributed by atoms with Gasteiger partial charge < -0.3 is 0 Å². The number of Topliss-reactive ketones (excluding diaryl/α,β-unsaturated/α-hetero) is 1. The first-order valence-corrected chi connectivity index (χ1v) is 8.04. The predicted octanol–water partition coefficient (Wildman–Crippen LogP) is 5.63. The third-order valence-electron chi connectivity index (χ3n) is 3.91. The van der Waals surface area contributed by atoms with E-state index in [1.54, 1.807) is 0 Å². The first kappa shape index (κ1) is 15.5. The van der Waals surface area contributed by atoms with Crippen molar-refractivity contribution in [3.63, 3.8) is 0 Å². The molecule has 3 rings (SSSR count). The number of carbonyl (C=O) groups excluding carboxylic acids is 1. The number of hydrogen-bond acceptors (Lipinski definition) is 1. The van der Waals surface area contributed by atoms with Crippen LogP contribution in [0.3, 0.4) is 0 Å². The van der Waals surface area contributed by atoms with Gasteiger partial charge in [-0.1, -0.05) is 91.0 Å². The van der Waals surface area contributed by atoms with Gasteiger partial charge in [0.15, 0.2) is 5.78 Å². The van der Waals surface area contributed by atoms with Crippen LogP contribution in [0.4, 0.5) is 0 Å². The molecule has 0 aromatic heterocycles. The van der Waals surface area contributed by atoms with Gasteiger partial charge in [-0.05, 0) is 11.1 Å². The lowest BCUT2D eigenvalue weighted by Gasteiger charge is -2.22. The van der Waals surface area contributed by atoms with Gasteiger partial charge in [0, 0.05) is 5.56 Å². The van der Waals surface area contributed by atoms with Crippen molar-refractivity contribution in [2.45, 2.75) is 11.3 Å². The molecule has 23 heavy (non-hydrogen) atoms. The van der Waals surface area contributed by atoms with E-state index >= 15 is 0 Å². The monoisotopic (exact) mass is 320 g/mol. The third-order valence-corrected chi connectivity index (χ3v) is 4.41. The summed E-state index contributed by atoms with van der Waals surface area (Å²) >= 11 is 6.73. The largest absolute Gasteiger partial charge is 0.293 e. The van der Waals surface area contributed by atoms with Crippen molar-refractivity contribution < 1.29 is 4.79 Å². The van der Waals surface area contributed by atoms with Crippen LogP contribution in [0.1, 0.15) is 32.8 Å². The van der Waals surface area contributed by atoms with Crippen LogP contribution in [0.2, 0.25) is 0 Å². The number of carbonyl (C=O) groups is 1.